The lowest BCUT2D eigenvalue weighted by molar-refractivity contribution is -0.141. The molecule has 4 aliphatic rings. The van der Waals surface area contributed by atoms with E-state index in [4.69, 9.17) is 0 Å². The Balaban J connectivity index is 1.28. The van der Waals surface area contributed by atoms with Crippen molar-refractivity contribution in [3.05, 3.63) is 47.6 Å². The summed E-state index contributed by atoms with van der Waals surface area (Å²) in [7, 11) is 2.95. The van der Waals surface area contributed by atoms with Gasteiger partial charge in [-0.15, -0.1) is 0 Å². The number of fused-ring (bicyclic) bond motifs is 1. The van der Waals surface area contributed by atoms with Crippen LogP contribution in [0.1, 0.15) is 24.8 Å². The number of urea groups is 1. The highest BCUT2D eigenvalue weighted by Crippen LogP contribution is 2.70. The Kier molecular flexibility index (Phi) is 3.98. The summed E-state index contributed by atoms with van der Waals surface area (Å²) in [5, 5.41) is 20.4. The zero-order chi connectivity index (χ0) is 22.2. The van der Waals surface area contributed by atoms with Crippen molar-refractivity contribution in [2.75, 3.05) is 14.1 Å². The molecular formula is C20H21F3N6O2. The molecule has 1 unspecified atom stereocenters. The van der Waals surface area contributed by atoms with E-state index in [1.165, 1.54) is 11.9 Å². The second kappa shape index (κ2) is 6.22. The molecule has 0 saturated heterocycles. The van der Waals surface area contributed by atoms with Crippen LogP contribution in [0.5, 0.6) is 0 Å². The molecule has 3 aliphatic carbocycles. The topological polar surface area (TPSA) is 97.4 Å². The van der Waals surface area contributed by atoms with E-state index in [9.17, 15) is 23.1 Å². The minimum absolute atomic E-state index is 0.0387. The Hall–Kier alpha value is -3.08. The maximum absolute atomic E-state index is 13.1. The standard InChI is InChI=1S/C20H21F3N6O2/c1-28-7-13(20(21,22)23)4-14(16(28)30)26-17(31)29(2)19-8-18(9-19,10-19)12-3-11-5-25-27-15(11)24-6-12/h3-7,16,30H,8-10H2,1-2H3,(H,26,31)(H,24,25,27). The molecule has 31 heavy (non-hydrogen) atoms. The van der Waals surface area contributed by atoms with Gasteiger partial charge in [0, 0.05) is 42.8 Å². The van der Waals surface area contributed by atoms with E-state index in [0.717, 1.165) is 53.0 Å². The fourth-order valence-electron chi connectivity index (χ4n) is 4.99. The number of nitrogens with zero attached hydrogens (tertiary/aromatic N) is 4. The molecule has 3 N–H and O–H groups in total. The number of aromatic amines is 1. The van der Waals surface area contributed by atoms with Crippen molar-refractivity contribution in [3.8, 4) is 0 Å². The number of alkyl halides is 3. The van der Waals surface area contributed by atoms with Crippen LogP contribution >= 0.6 is 0 Å². The van der Waals surface area contributed by atoms with Crippen LogP contribution in [0.2, 0.25) is 0 Å². The molecule has 11 heteroatoms. The number of pyridine rings is 1. The largest absolute Gasteiger partial charge is 0.417 e. The Morgan fingerprint density at radius 2 is 2.06 bits per heavy atom. The number of aliphatic hydroxyl groups excluding tert-OH is 1. The first-order chi connectivity index (χ1) is 14.5. The first-order valence-electron chi connectivity index (χ1n) is 9.78. The third-order valence-electron chi connectivity index (χ3n) is 6.82. The van der Waals surface area contributed by atoms with Gasteiger partial charge in [0.15, 0.2) is 11.9 Å². The molecule has 2 aromatic rings. The average Bonchev–Trinajstić information content (AvgIpc) is 3.10. The third-order valence-corrected chi connectivity index (χ3v) is 6.82. The first kappa shape index (κ1) is 19.9. The summed E-state index contributed by atoms with van der Waals surface area (Å²) in [6, 6.07) is 1.51. The van der Waals surface area contributed by atoms with Crippen molar-refractivity contribution in [3.63, 3.8) is 0 Å². The zero-order valence-electron chi connectivity index (χ0n) is 16.9. The lowest BCUT2D eigenvalue weighted by Gasteiger charge is -2.73. The second-order valence-corrected chi connectivity index (χ2v) is 8.78. The highest BCUT2D eigenvalue weighted by Gasteiger charge is 2.71. The van der Waals surface area contributed by atoms with Crippen LogP contribution in [-0.2, 0) is 5.41 Å². The number of H-pyrrole nitrogens is 1. The summed E-state index contributed by atoms with van der Waals surface area (Å²) < 4.78 is 39.3. The fraction of sp³-hybridized carbons (Fsp3) is 0.450. The van der Waals surface area contributed by atoms with E-state index in [1.807, 2.05) is 6.20 Å². The van der Waals surface area contributed by atoms with Gasteiger partial charge in [-0.2, -0.15) is 18.3 Å². The molecule has 0 spiro atoms. The van der Waals surface area contributed by atoms with Crippen LogP contribution in [0.4, 0.5) is 18.0 Å². The number of aromatic nitrogens is 3. The number of allylic oxidation sites excluding steroid dienone is 2. The predicted molar refractivity (Wildman–Crippen MR) is 104 cm³/mol. The number of aliphatic hydroxyl groups is 1. The Bertz CT molecular complexity index is 1120. The molecule has 164 valence electrons. The number of carbonyl (C=O) groups excluding carboxylic acids is 1. The number of amides is 2. The number of halogens is 3. The number of likely N-dealkylation sites (N-methyl/N-ethyl adjacent to an activating group) is 1. The van der Waals surface area contributed by atoms with Crippen LogP contribution in [0, 0.1) is 0 Å². The van der Waals surface area contributed by atoms with Gasteiger partial charge in [0.05, 0.1) is 17.5 Å². The number of hydrogen-bond acceptors (Lipinski definition) is 5. The van der Waals surface area contributed by atoms with Gasteiger partial charge >= 0.3 is 12.2 Å². The van der Waals surface area contributed by atoms with Crippen molar-refractivity contribution in [2.24, 2.45) is 0 Å². The van der Waals surface area contributed by atoms with E-state index < -0.39 is 24.0 Å². The molecule has 2 amide bonds. The molecule has 8 nitrogen and oxygen atoms in total. The summed E-state index contributed by atoms with van der Waals surface area (Å²) in [6.45, 7) is 0. The number of hydrogen-bond donors (Lipinski definition) is 3. The molecule has 3 saturated carbocycles. The van der Waals surface area contributed by atoms with Crippen molar-refractivity contribution >= 4 is 17.1 Å². The average molecular weight is 434 g/mol. The molecule has 2 aromatic heterocycles. The molecule has 0 radical (unpaired) electrons. The van der Waals surface area contributed by atoms with Gasteiger partial charge in [-0.25, -0.2) is 9.78 Å². The molecule has 1 atom stereocenters. The van der Waals surface area contributed by atoms with Gasteiger partial charge in [-0.1, -0.05) is 0 Å². The Morgan fingerprint density at radius 1 is 1.35 bits per heavy atom. The van der Waals surface area contributed by atoms with Gasteiger partial charge in [-0.3, -0.25) is 5.10 Å². The number of nitrogens with one attached hydrogen (secondary N) is 2. The van der Waals surface area contributed by atoms with Crippen LogP contribution in [0.15, 0.2) is 42.0 Å². The summed E-state index contributed by atoms with van der Waals surface area (Å²) in [5.41, 5.74) is 0.296. The van der Waals surface area contributed by atoms with Crippen LogP contribution < -0.4 is 5.32 Å². The summed E-state index contributed by atoms with van der Waals surface area (Å²) >= 11 is 0. The monoisotopic (exact) mass is 434 g/mol. The molecule has 6 rings (SSSR count). The van der Waals surface area contributed by atoms with Gasteiger partial charge in [-0.05, 0) is 37.0 Å². The third kappa shape index (κ3) is 2.90. The van der Waals surface area contributed by atoms with E-state index in [0.29, 0.717) is 0 Å². The van der Waals surface area contributed by atoms with Gasteiger partial charge < -0.3 is 20.2 Å². The summed E-state index contributed by atoms with van der Waals surface area (Å²) in [5.74, 6) is 0. The van der Waals surface area contributed by atoms with Crippen molar-refractivity contribution in [1.29, 1.82) is 0 Å². The lowest BCUT2D eigenvalue weighted by atomic mass is 9.37. The smallest absolute Gasteiger partial charge is 0.368 e. The van der Waals surface area contributed by atoms with E-state index >= 15 is 0 Å². The fourth-order valence-corrected chi connectivity index (χ4v) is 4.99. The maximum Gasteiger partial charge on any atom is 0.417 e. The zero-order valence-corrected chi connectivity index (χ0v) is 16.9. The molecule has 1 aliphatic heterocycles. The molecule has 2 bridgehead atoms. The normalized spacial score (nSPS) is 29.6. The maximum atomic E-state index is 13.1. The van der Waals surface area contributed by atoms with Crippen LogP contribution in [-0.4, -0.2) is 68.2 Å². The second-order valence-electron chi connectivity index (χ2n) is 8.78. The Labute approximate surface area is 175 Å². The van der Waals surface area contributed by atoms with Crippen molar-refractivity contribution in [2.45, 2.75) is 42.6 Å². The minimum atomic E-state index is -4.58. The lowest BCUT2D eigenvalue weighted by Crippen LogP contribution is -2.77. The van der Waals surface area contributed by atoms with Crippen LogP contribution in [0.3, 0.4) is 0 Å². The summed E-state index contributed by atoms with van der Waals surface area (Å²) in [4.78, 5) is 19.7. The number of carbonyl (C=O) groups is 1. The minimum Gasteiger partial charge on any atom is -0.368 e. The highest BCUT2D eigenvalue weighted by molar-refractivity contribution is 5.79. The molecule has 3 heterocycles. The highest BCUT2D eigenvalue weighted by atomic mass is 19.4. The molecule has 3 fully saturated rings. The number of rotatable bonds is 3. The summed E-state index contributed by atoms with van der Waals surface area (Å²) in [6.07, 6.45) is 1.44. The van der Waals surface area contributed by atoms with E-state index in [2.05, 4.69) is 26.6 Å². The first-order valence-corrected chi connectivity index (χ1v) is 9.78. The van der Waals surface area contributed by atoms with E-state index in [-0.39, 0.29) is 16.7 Å². The van der Waals surface area contributed by atoms with Crippen LogP contribution in [0.25, 0.3) is 11.0 Å². The molecular weight excluding hydrogens is 413 g/mol. The predicted octanol–water partition coefficient (Wildman–Crippen LogP) is 2.37. The molecule has 0 aromatic carbocycles. The van der Waals surface area contributed by atoms with Gasteiger partial charge in [0.1, 0.15) is 0 Å². The van der Waals surface area contributed by atoms with Gasteiger partial charge in [0.2, 0.25) is 0 Å². The quantitative estimate of drug-likeness (QED) is 0.689. The SMILES string of the molecule is CN1C=C(C(F)(F)F)C=C(NC(=O)N(C)C23CC(c4cnc5[nH]ncc5c4)(C2)C3)C1O. The van der Waals surface area contributed by atoms with E-state index in [1.54, 1.807) is 13.2 Å². The van der Waals surface area contributed by atoms with Crippen molar-refractivity contribution in [1.82, 2.24) is 30.3 Å². The van der Waals surface area contributed by atoms with Gasteiger partial charge in [0.25, 0.3) is 0 Å². The van der Waals surface area contributed by atoms with Crippen molar-refractivity contribution < 1.29 is 23.1 Å². The Morgan fingerprint density at radius 3 is 2.74 bits per heavy atom.